The van der Waals surface area contributed by atoms with Gasteiger partial charge in [-0.2, -0.15) is 0 Å². The van der Waals surface area contributed by atoms with Crippen molar-refractivity contribution < 1.29 is 14.3 Å². The molecular formula is C23H22N2O3. The summed E-state index contributed by atoms with van der Waals surface area (Å²) in [5.74, 6) is 0.276. The quantitative estimate of drug-likeness (QED) is 0.613. The first-order chi connectivity index (χ1) is 13.7. The Bertz CT molecular complexity index is 938. The maximum absolute atomic E-state index is 12.5. The molecule has 0 bridgehead atoms. The number of rotatable bonds is 7. The van der Waals surface area contributed by atoms with Gasteiger partial charge in [0.15, 0.2) is 0 Å². The van der Waals surface area contributed by atoms with E-state index in [9.17, 15) is 9.59 Å². The zero-order chi connectivity index (χ0) is 19.8. The first-order valence-corrected chi connectivity index (χ1v) is 9.16. The molecule has 0 aliphatic rings. The van der Waals surface area contributed by atoms with E-state index in [1.165, 1.54) is 0 Å². The Kier molecular flexibility index (Phi) is 6.41. The number of carbonyl (C=O) groups excluding carboxylic acids is 2. The number of carbonyl (C=O) groups is 2. The maximum atomic E-state index is 12.5. The fourth-order valence-electron chi connectivity index (χ4n) is 2.58. The van der Waals surface area contributed by atoms with Crippen LogP contribution in [-0.4, -0.2) is 18.4 Å². The third kappa shape index (κ3) is 5.20. The van der Waals surface area contributed by atoms with Crippen molar-refractivity contribution >= 4 is 23.2 Å². The molecule has 142 valence electrons. The third-order valence-corrected chi connectivity index (χ3v) is 4.01. The number of ether oxygens (including phenoxy) is 1. The predicted molar refractivity (Wildman–Crippen MR) is 111 cm³/mol. The number of amides is 2. The Balaban J connectivity index is 1.61. The summed E-state index contributed by atoms with van der Waals surface area (Å²) in [6, 6.07) is 23.1. The summed E-state index contributed by atoms with van der Waals surface area (Å²) >= 11 is 0. The van der Waals surface area contributed by atoms with Gasteiger partial charge >= 0.3 is 0 Å². The summed E-state index contributed by atoms with van der Waals surface area (Å²) in [5.41, 5.74) is 2.41. The van der Waals surface area contributed by atoms with Crippen molar-refractivity contribution in [2.24, 2.45) is 0 Å². The van der Waals surface area contributed by atoms with Crippen molar-refractivity contribution in [2.75, 3.05) is 17.2 Å². The molecule has 5 nitrogen and oxygen atoms in total. The van der Waals surface area contributed by atoms with Gasteiger partial charge < -0.3 is 15.4 Å². The summed E-state index contributed by atoms with van der Waals surface area (Å²) in [7, 11) is 0. The molecule has 0 fully saturated rings. The Morgan fingerprint density at radius 3 is 1.93 bits per heavy atom. The van der Waals surface area contributed by atoms with Crippen LogP contribution < -0.4 is 15.4 Å². The van der Waals surface area contributed by atoms with Gasteiger partial charge in [-0.1, -0.05) is 31.2 Å². The topological polar surface area (TPSA) is 67.4 Å². The van der Waals surface area contributed by atoms with Crippen molar-refractivity contribution in [3.8, 4) is 5.75 Å². The summed E-state index contributed by atoms with van der Waals surface area (Å²) < 4.78 is 5.57. The van der Waals surface area contributed by atoms with Gasteiger partial charge in [0.2, 0.25) is 0 Å². The zero-order valence-corrected chi connectivity index (χ0v) is 15.6. The fourth-order valence-corrected chi connectivity index (χ4v) is 2.58. The molecule has 0 aliphatic carbocycles. The van der Waals surface area contributed by atoms with Crippen LogP contribution in [0.3, 0.4) is 0 Å². The minimum Gasteiger partial charge on any atom is -0.494 e. The molecule has 3 rings (SSSR count). The lowest BCUT2D eigenvalue weighted by molar-refractivity contribution is 0.101. The Morgan fingerprint density at radius 2 is 1.32 bits per heavy atom. The monoisotopic (exact) mass is 374 g/mol. The highest BCUT2D eigenvalue weighted by molar-refractivity contribution is 6.05. The molecule has 0 aromatic heterocycles. The smallest absolute Gasteiger partial charge is 0.255 e. The first-order valence-electron chi connectivity index (χ1n) is 9.16. The average Bonchev–Trinajstić information content (AvgIpc) is 2.74. The van der Waals surface area contributed by atoms with Gasteiger partial charge in [-0.15, -0.1) is 0 Å². The van der Waals surface area contributed by atoms with Crippen molar-refractivity contribution in [3.63, 3.8) is 0 Å². The summed E-state index contributed by atoms with van der Waals surface area (Å²) in [6.07, 6.45) is 0.906. The van der Waals surface area contributed by atoms with E-state index in [-0.39, 0.29) is 11.8 Å². The molecule has 2 N–H and O–H groups in total. The zero-order valence-electron chi connectivity index (χ0n) is 15.6. The fraction of sp³-hybridized carbons (Fsp3) is 0.130. The summed E-state index contributed by atoms with van der Waals surface area (Å²) in [5, 5.41) is 5.68. The van der Waals surface area contributed by atoms with E-state index in [1.807, 2.05) is 31.2 Å². The van der Waals surface area contributed by atoms with E-state index in [1.54, 1.807) is 54.6 Å². The van der Waals surface area contributed by atoms with Crippen molar-refractivity contribution in [1.29, 1.82) is 0 Å². The number of hydrogen-bond acceptors (Lipinski definition) is 3. The van der Waals surface area contributed by atoms with Gasteiger partial charge in [0.05, 0.1) is 6.61 Å². The van der Waals surface area contributed by atoms with Crippen molar-refractivity contribution in [3.05, 3.63) is 90.0 Å². The van der Waals surface area contributed by atoms with Crippen LogP contribution in [0.15, 0.2) is 78.9 Å². The predicted octanol–water partition coefficient (Wildman–Crippen LogP) is 4.98. The van der Waals surface area contributed by atoms with Gasteiger partial charge in [0, 0.05) is 22.5 Å². The van der Waals surface area contributed by atoms with Gasteiger partial charge in [0.1, 0.15) is 5.75 Å². The van der Waals surface area contributed by atoms with Crippen LogP contribution in [0, 0.1) is 0 Å². The van der Waals surface area contributed by atoms with E-state index < -0.39 is 0 Å². The van der Waals surface area contributed by atoms with Gasteiger partial charge in [-0.3, -0.25) is 9.59 Å². The van der Waals surface area contributed by atoms with Crippen molar-refractivity contribution in [1.82, 2.24) is 0 Å². The van der Waals surface area contributed by atoms with E-state index in [2.05, 4.69) is 10.6 Å². The Labute approximate surface area is 164 Å². The molecule has 5 heteroatoms. The van der Waals surface area contributed by atoms with Crippen LogP contribution in [-0.2, 0) is 0 Å². The average molecular weight is 374 g/mol. The summed E-state index contributed by atoms with van der Waals surface area (Å²) in [4.78, 5) is 24.6. The van der Waals surface area contributed by atoms with Crippen LogP contribution in [0.5, 0.6) is 5.75 Å². The normalized spacial score (nSPS) is 10.2. The largest absolute Gasteiger partial charge is 0.494 e. The van der Waals surface area contributed by atoms with E-state index >= 15 is 0 Å². The molecule has 0 aliphatic heterocycles. The molecular weight excluding hydrogens is 352 g/mol. The van der Waals surface area contributed by atoms with E-state index in [4.69, 9.17) is 4.74 Å². The third-order valence-electron chi connectivity index (χ3n) is 4.01. The molecule has 0 heterocycles. The molecule has 0 saturated carbocycles. The van der Waals surface area contributed by atoms with E-state index in [0.29, 0.717) is 34.9 Å². The maximum Gasteiger partial charge on any atom is 0.255 e. The Hall–Kier alpha value is -3.60. The minimum atomic E-state index is -0.219. The highest BCUT2D eigenvalue weighted by atomic mass is 16.5. The van der Waals surface area contributed by atoms with E-state index in [0.717, 1.165) is 6.42 Å². The second-order valence-corrected chi connectivity index (χ2v) is 6.23. The first kappa shape index (κ1) is 19.2. The molecule has 0 unspecified atom stereocenters. The molecule has 3 aromatic carbocycles. The van der Waals surface area contributed by atoms with Crippen molar-refractivity contribution in [2.45, 2.75) is 13.3 Å². The molecule has 0 radical (unpaired) electrons. The number of benzene rings is 3. The van der Waals surface area contributed by atoms with Crippen LogP contribution in [0.4, 0.5) is 11.4 Å². The summed E-state index contributed by atoms with van der Waals surface area (Å²) in [6.45, 7) is 2.64. The lowest BCUT2D eigenvalue weighted by atomic mass is 10.2. The lowest BCUT2D eigenvalue weighted by Gasteiger charge is -2.09. The lowest BCUT2D eigenvalue weighted by Crippen LogP contribution is -2.13. The Morgan fingerprint density at radius 1 is 0.750 bits per heavy atom. The number of hydrogen-bond donors (Lipinski definition) is 2. The van der Waals surface area contributed by atoms with Crippen LogP contribution in [0.25, 0.3) is 0 Å². The highest BCUT2D eigenvalue weighted by Gasteiger charge is 2.09. The second-order valence-electron chi connectivity index (χ2n) is 6.23. The van der Waals surface area contributed by atoms with Crippen LogP contribution in [0.2, 0.25) is 0 Å². The molecule has 0 saturated heterocycles. The second kappa shape index (κ2) is 9.37. The van der Waals surface area contributed by atoms with Gasteiger partial charge in [-0.05, 0) is 61.0 Å². The molecule has 2 amide bonds. The SMILES string of the molecule is CCCOc1cccc(C(=O)Nc2ccc(NC(=O)c3ccccc3)cc2)c1. The highest BCUT2D eigenvalue weighted by Crippen LogP contribution is 2.18. The number of anilines is 2. The van der Waals surface area contributed by atoms with Gasteiger partial charge in [-0.25, -0.2) is 0 Å². The molecule has 3 aromatic rings. The minimum absolute atomic E-state index is 0.179. The number of nitrogens with one attached hydrogen (secondary N) is 2. The molecule has 0 atom stereocenters. The van der Waals surface area contributed by atoms with Crippen LogP contribution >= 0.6 is 0 Å². The standard InChI is InChI=1S/C23H22N2O3/c1-2-15-28-21-10-6-9-18(16-21)23(27)25-20-13-11-19(12-14-20)24-22(26)17-7-4-3-5-8-17/h3-14,16H,2,15H2,1H3,(H,24,26)(H,25,27). The molecule has 28 heavy (non-hydrogen) atoms. The molecule has 0 spiro atoms. The van der Waals surface area contributed by atoms with Crippen LogP contribution in [0.1, 0.15) is 34.1 Å². The van der Waals surface area contributed by atoms with Gasteiger partial charge in [0.25, 0.3) is 11.8 Å².